The molecule has 1 aliphatic heterocycles. The average molecular weight is 404 g/mol. The lowest BCUT2D eigenvalue weighted by atomic mass is 9.99. The number of hydrogen-bond donors (Lipinski definition) is 2. The number of likely N-dealkylation sites (tertiary alicyclic amines) is 1. The van der Waals surface area contributed by atoms with Gasteiger partial charge in [0.05, 0.1) is 0 Å². The zero-order valence-corrected chi connectivity index (χ0v) is 18.9. The van der Waals surface area contributed by atoms with Gasteiger partial charge in [-0.3, -0.25) is 9.89 Å². The molecule has 1 fully saturated rings. The van der Waals surface area contributed by atoms with E-state index in [9.17, 15) is 0 Å². The van der Waals surface area contributed by atoms with Gasteiger partial charge in [0.2, 0.25) is 0 Å². The smallest absolute Gasteiger partial charge is 0.191 e. The Morgan fingerprint density at radius 1 is 1.14 bits per heavy atom. The van der Waals surface area contributed by atoms with Crippen molar-refractivity contribution in [1.29, 1.82) is 0 Å². The van der Waals surface area contributed by atoms with Gasteiger partial charge >= 0.3 is 0 Å². The molecule has 0 aliphatic carbocycles. The zero-order valence-electron chi connectivity index (χ0n) is 18.9. The van der Waals surface area contributed by atoms with Crippen molar-refractivity contribution in [1.82, 2.24) is 20.4 Å². The normalized spacial score (nSPS) is 16.4. The van der Waals surface area contributed by atoms with Crippen molar-refractivity contribution in [3.8, 4) is 0 Å². The van der Waals surface area contributed by atoms with Gasteiger partial charge in [0.1, 0.15) is 0 Å². The molecule has 0 saturated carbocycles. The van der Waals surface area contributed by atoms with Crippen LogP contribution in [0.5, 0.6) is 0 Å². The lowest BCUT2D eigenvalue weighted by Gasteiger charge is -2.30. The lowest BCUT2D eigenvalue weighted by molar-refractivity contribution is 0.180. The molecule has 0 aromatic heterocycles. The summed E-state index contributed by atoms with van der Waals surface area (Å²) >= 11 is 0. The summed E-state index contributed by atoms with van der Waals surface area (Å²) in [5, 5.41) is 6.80. The number of likely N-dealkylation sites (N-methyl/N-ethyl adjacent to an activating group) is 1. The van der Waals surface area contributed by atoms with E-state index in [0.29, 0.717) is 0 Å². The summed E-state index contributed by atoms with van der Waals surface area (Å²) in [7, 11) is 5.71. The Hall–Kier alpha value is -1.63. The van der Waals surface area contributed by atoms with Gasteiger partial charge in [-0.15, -0.1) is 0 Å². The summed E-state index contributed by atoms with van der Waals surface area (Å²) in [4.78, 5) is 9.21. The monoisotopic (exact) mass is 403 g/mol. The van der Waals surface area contributed by atoms with Crippen molar-refractivity contribution in [2.24, 2.45) is 10.9 Å². The van der Waals surface area contributed by atoms with E-state index in [1.165, 1.54) is 37.1 Å². The maximum atomic E-state index is 5.10. The van der Waals surface area contributed by atoms with Crippen LogP contribution in [-0.2, 0) is 17.8 Å². The van der Waals surface area contributed by atoms with Crippen LogP contribution in [0.4, 0.5) is 0 Å². The van der Waals surface area contributed by atoms with Crippen LogP contribution >= 0.6 is 0 Å². The molecule has 0 bridgehead atoms. The van der Waals surface area contributed by atoms with Gasteiger partial charge in [-0.1, -0.05) is 31.2 Å². The molecule has 0 amide bonds. The molecule has 0 atom stereocenters. The Morgan fingerprint density at radius 2 is 1.83 bits per heavy atom. The highest BCUT2D eigenvalue weighted by atomic mass is 16.5. The molecular formula is C23H41N5O. The molecule has 1 heterocycles. The van der Waals surface area contributed by atoms with E-state index in [4.69, 9.17) is 4.74 Å². The van der Waals surface area contributed by atoms with Gasteiger partial charge in [-0.2, -0.15) is 0 Å². The minimum Gasteiger partial charge on any atom is -0.385 e. The Bertz CT molecular complexity index is 581. The fourth-order valence-electron chi connectivity index (χ4n) is 3.60. The standard InChI is InChI=1S/C23H41N5O/c1-20-10-14-28(15-11-20)19-22-8-6-21(7-9-22)18-26-23(24-2)25-12-16-27(3)13-5-17-29-4/h6-9,20H,5,10-19H2,1-4H3,(H2,24,25,26). The van der Waals surface area contributed by atoms with Crippen LogP contribution in [0.3, 0.4) is 0 Å². The number of nitrogens with one attached hydrogen (secondary N) is 2. The second-order valence-corrected chi connectivity index (χ2v) is 8.28. The molecule has 1 aromatic rings. The number of aliphatic imine (C=N–C) groups is 1. The van der Waals surface area contributed by atoms with Gasteiger partial charge in [0, 0.05) is 53.5 Å². The van der Waals surface area contributed by atoms with Gasteiger partial charge in [-0.25, -0.2) is 0 Å². The van der Waals surface area contributed by atoms with Crippen LogP contribution in [0.1, 0.15) is 37.3 Å². The molecule has 1 aliphatic rings. The number of methoxy groups -OCH3 is 1. The quantitative estimate of drug-likeness (QED) is 0.338. The molecule has 1 aromatic carbocycles. The summed E-state index contributed by atoms with van der Waals surface area (Å²) in [5.41, 5.74) is 2.68. The summed E-state index contributed by atoms with van der Waals surface area (Å²) in [6, 6.07) is 8.98. The zero-order chi connectivity index (χ0) is 20.9. The second-order valence-electron chi connectivity index (χ2n) is 8.28. The van der Waals surface area contributed by atoms with Crippen molar-refractivity contribution in [2.45, 2.75) is 39.3 Å². The van der Waals surface area contributed by atoms with Crippen molar-refractivity contribution in [3.63, 3.8) is 0 Å². The predicted molar refractivity (Wildman–Crippen MR) is 122 cm³/mol. The van der Waals surface area contributed by atoms with Crippen molar-refractivity contribution < 1.29 is 4.74 Å². The van der Waals surface area contributed by atoms with Gasteiger partial charge in [-0.05, 0) is 56.4 Å². The topological polar surface area (TPSA) is 52.1 Å². The number of guanidine groups is 1. The van der Waals surface area contributed by atoms with Crippen LogP contribution in [-0.4, -0.2) is 76.3 Å². The third-order valence-corrected chi connectivity index (χ3v) is 5.66. The largest absolute Gasteiger partial charge is 0.385 e. The Morgan fingerprint density at radius 3 is 2.48 bits per heavy atom. The first-order valence-corrected chi connectivity index (χ1v) is 11.0. The van der Waals surface area contributed by atoms with Crippen LogP contribution in [0.2, 0.25) is 0 Å². The lowest BCUT2D eigenvalue weighted by Crippen LogP contribution is -2.40. The van der Waals surface area contributed by atoms with E-state index in [1.54, 1.807) is 7.11 Å². The first-order valence-electron chi connectivity index (χ1n) is 11.0. The Kier molecular flexibility index (Phi) is 11.1. The Labute approximate surface area is 177 Å². The SMILES string of the molecule is CN=C(NCCN(C)CCCOC)NCc1ccc(CN2CCC(C)CC2)cc1. The van der Waals surface area contributed by atoms with E-state index in [-0.39, 0.29) is 0 Å². The van der Waals surface area contributed by atoms with Crippen LogP contribution < -0.4 is 10.6 Å². The first kappa shape index (κ1) is 23.6. The van der Waals surface area contributed by atoms with Gasteiger partial charge in [0.15, 0.2) is 5.96 Å². The van der Waals surface area contributed by atoms with Gasteiger partial charge < -0.3 is 20.3 Å². The molecule has 1 saturated heterocycles. The molecule has 6 nitrogen and oxygen atoms in total. The van der Waals surface area contributed by atoms with Gasteiger partial charge in [0.25, 0.3) is 0 Å². The maximum absolute atomic E-state index is 5.10. The first-order chi connectivity index (χ1) is 14.1. The molecule has 29 heavy (non-hydrogen) atoms. The van der Waals surface area contributed by atoms with E-state index in [1.807, 2.05) is 7.05 Å². The predicted octanol–water partition coefficient (Wildman–Crippen LogP) is 2.55. The van der Waals surface area contributed by atoms with Crippen LogP contribution in [0.15, 0.2) is 29.3 Å². The van der Waals surface area contributed by atoms with Crippen LogP contribution in [0.25, 0.3) is 0 Å². The minimum atomic E-state index is 0.783. The molecule has 164 valence electrons. The third kappa shape index (κ3) is 9.61. The van der Waals surface area contributed by atoms with E-state index in [0.717, 1.165) is 57.6 Å². The van der Waals surface area contributed by atoms with E-state index < -0.39 is 0 Å². The van der Waals surface area contributed by atoms with Crippen LogP contribution in [0, 0.1) is 5.92 Å². The summed E-state index contributed by atoms with van der Waals surface area (Å²) in [5.74, 6) is 1.74. The highest BCUT2D eigenvalue weighted by Gasteiger charge is 2.15. The average Bonchev–Trinajstić information content (AvgIpc) is 2.73. The molecule has 6 heteroatoms. The molecule has 2 N–H and O–H groups in total. The maximum Gasteiger partial charge on any atom is 0.191 e. The number of rotatable bonds is 11. The fraction of sp³-hybridized carbons (Fsp3) is 0.696. The number of piperidine rings is 1. The minimum absolute atomic E-state index is 0.783. The highest BCUT2D eigenvalue weighted by Crippen LogP contribution is 2.18. The fourth-order valence-corrected chi connectivity index (χ4v) is 3.60. The van der Waals surface area contributed by atoms with E-state index in [2.05, 4.69) is 63.7 Å². The summed E-state index contributed by atoms with van der Waals surface area (Å²) in [6.45, 7) is 10.4. The Balaban J connectivity index is 1.65. The summed E-state index contributed by atoms with van der Waals surface area (Å²) in [6.07, 6.45) is 3.72. The summed E-state index contributed by atoms with van der Waals surface area (Å²) < 4.78 is 5.10. The number of hydrogen-bond acceptors (Lipinski definition) is 4. The van der Waals surface area contributed by atoms with Crippen molar-refractivity contribution in [2.75, 3.05) is 60.5 Å². The number of ether oxygens (including phenoxy) is 1. The second kappa shape index (κ2) is 13.6. The molecule has 0 radical (unpaired) electrons. The van der Waals surface area contributed by atoms with Crippen molar-refractivity contribution >= 4 is 5.96 Å². The third-order valence-electron chi connectivity index (χ3n) is 5.66. The molecule has 0 spiro atoms. The van der Waals surface area contributed by atoms with E-state index >= 15 is 0 Å². The number of benzene rings is 1. The molecular weight excluding hydrogens is 362 g/mol. The number of nitrogens with zero attached hydrogens (tertiary/aromatic N) is 3. The molecule has 0 unspecified atom stereocenters. The highest BCUT2D eigenvalue weighted by molar-refractivity contribution is 5.79. The molecule has 2 rings (SSSR count). The van der Waals surface area contributed by atoms with Crippen molar-refractivity contribution in [3.05, 3.63) is 35.4 Å².